The van der Waals surface area contributed by atoms with E-state index < -0.39 is 10.0 Å². The van der Waals surface area contributed by atoms with E-state index in [1.165, 1.54) is 0 Å². The van der Waals surface area contributed by atoms with Gasteiger partial charge in [-0.15, -0.1) is 0 Å². The maximum atomic E-state index is 12.8. The fraction of sp³-hybridized carbons (Fsp3) is 0.300. The van der Waals surface area contributed by atoms with E-state index in [0.717, 1.165) is 29.7 Å². The third kappa shape index (κ3) is 4.35. The van der Waals surface area contributed by atoms with Gasteiger partial charge in [-0.2, -0.15) is 4.31 Å². The van der Waals surface area contributed by atoms with Crippen LogP contribution >= 0.6 is 11.6 Å². The molecule has 7 nitrogen and oxygen atoms in total. The Labute approximate surface area is 175 Å². The molecule has 0 bridgehead atoms. The first-order valence-corrected chi connectivity index (χ1v) is 11.2. The molecule has 1 aromatic heterocycles. The number of aromatic nitrogens is 2. The Kier molecular flexibility index (Phi) is 5.69. The van der Waals surface area contributed by atoms with Gasteiger partial charge in [0.25, 0.3) is 0 Å². The number of nitrogens with one attached hydrogen (secondary N) is 1. The second-order valence-electron chi connectivity index (χ2n) is 7.06. The highest BCUT2D eigenvalue weighted by Crippen LogP contribution is 2.22. The number of piperazine rings is 1. The summed E-state index contributed by atoms with van der Waals surface area (Å²) >= 11 is 6.23. The number of sulfonamides is 1. The van der Waals surface area contributed by atoms with E-state index in [9.17, 15) is 8.42 Å². The number of nitrogens with zero attached hydrogens (tertiary/aromatic N) is 4. The zero-order valence-electron chi connectivity index (χ0n) is 16.0. The van der Waals surface area contributed by atoms with Gasteiger partial charge in [0.2, 0.25) is 10.0 Å². The van der Waals surface area contributed by atoms with E-state index >= 15 is 0 Å². The third-order valence-corrected chi connectivity index (χ3v) is 7.19. The number of fused-ring (bicyclic) bond motifs is 1. The molecule has 4 rings (SSSR count). The van der Waals surface area contributed by atoms with Gasteiger partial charge >= 0.3 is 0 Å². The van der Waals surface area contributed by atoms with Crippen molar-refractivity contribution in [3.63, 3.8) is 0 Å². The molecule has 9 heteroatoms. The van der Waals surface area contributed by atoms with E-state index in [4.69, 9.17) is 11.6 Å². The average molecular weight is 432 g/mol. The number of halogens is 1. The molecular formula is C20H22ClN5O2S. The zero-order valence-corrected chi connectivity index (χ0v) is 17.6. The van der Waals surface area contributed by atoms with Crippen LogP contribution in [0.4, 0.5) is 5.82 Å². The lowest BCUT2D eigenvalue weighted by molar-refractivity contribution is 0.222. The molecule has 1 N–H and O–H groups in total. The zero-order chi connectivity index (χ0) is 20.4. The lowest BCUT2D eigenvalue weighted by Crippen LogP contribution is -2.46. The van der Waals surface area contributed by atoms with E-state index in [0.29, 0.717) is 35.5 Å². The minimum absolute atomic E-state index is 0.304. The van der Waals surface area contributed by atoms with Gasteiger partial charge in [-0.25, -0.2) is 18.4 Å². The summed E-state index contributed by atoms with van der Waals surface area (Å²) in [6.07, 6.45) is 0. The summed E-state index contributed by atoms with van der Waals surface area (Å²) in [6, 6.07) is 14.4. The monoisotopic (exact) mass is 431 g/mol. The summed E-state index contributed by atoms with van der Waals surface area (Å²) in [5.41, 5.74) is 2.42. The van der Waals surface area contributed by atoms with Crippen molar-refractivity contribution in [2.45, 2.75) is 11.4 Å². The van der Waals surface area contributed by atoms with Gasteiger partial charge in [0.1, 0.15) is 0 Å². The summed E-state index contributed by atoms with van der Waals surface area (Å²) in [4.78, 5) is 11.3. The fourth-order valence-corrected chi connectivity index (χ4v) is 4.86. The Morgan fingerprint density at radius 1 is 0.966 bits per heavy atom. The van der Waals surface area contributed by atoms with E-state index in [-0.39, 0.29) is 0 Å². The molecule has 0 radical (unpaired) electrons. The highest BCUT2D eigenvalue weighted by atomic mass is 35.5. The number of para-hydroxylation sites is 2. The summed E-state index contributed by atoms with van der Waals surface area (Å²) < 4.78 is 27.2. The van der Waals surface area contributed by atoms with Crippen LogP contribution in [-0.4, -0.2) is 60.8 Å². The van der Waals surface area contributed by atoms with Gasteiger partial charge < -0.3 is 10.2 Å². The lowest BCUT2D eigenvalue weighted by Gasteiger charge is -2.31. The Morgan fingerprint density at radius 2 is 1.59 bits per heavy atom. The molecule has 3 aromatic rings. The minimum Gasteiger partial charge on any atom is -0.363 e. The molecule has 152 valence electrons. The molecule has 1 aliphatic heterocycles. The van der Waals surface area contributed by atoms with Crippen LogP contribution in [0.2, 0.25) is 5.15 Å². The number of benzene rings is 2. The number of anilines is 1. The molecule has 0 atom stereocenters. The average Bonchev–Trinajstić information content (AvgIpc) is 2.73. The molecule has 0 spiro atoms. The molecule has 2 aromatic carbocycles. The number of hydrogen-bond acceptors (Lipinski definition) is 6. The summed E-state index contributed by atoms with van der Waals surface area (Å²) in [7, 11) is -1.46. The van der Waals surface area contributed by atoms with Gasteiger partial charge in [0.05, 0.1) is 15.9 Å². The first kappa shape index (κ1) is 20.0. The van der Waals surface area contributed by atoms with Crippen molar-refractivity contribution in [2.24, 2.45) is 0 Å². The van der Waals surface area contributed by atoms with Gasteiger partial charge in [-0.05, 0) is 36.9 Å². The van der Waals surface area contributed by atoms with Gasteiger partial charge in [-0.3, -0.25) is 0 Å². The van der Waals surface area contributed by atoms with E-state index in [1.807, 2.05) is 31.3 Å². The second kappa shape index (κ2) is 8.23. The smallest absolute Gasteiger partial charge is 0.243 e. The highest BCUT2D eigenvalue weighted by Gasteiger charge is 2.27. The molecule has 0 aliphatic carbocycles. The van der Waals surface area contributed by atoms with Crippen LogP contribution in [0.5, 0.6) is 0 Å². The maximum Gasteiger partial charge on any atom is 0.243 e. The van der Waals surface area contributed by atoms with Crippen molar-refractivity contribution in [1.82, 2.24) is 19.2 Å². The summed E-state index contributed by atoms with van der Waals surface area (Å²) in [5.74, 6) is 0.500. The van der Waals surface area contributed by atoms with Gasteiger partial charge in [0, 0.05) is 32.7 Å². The molecule has 0 amide bonds. The lowest BCUT2D eigenvalue weighted by atomic mass is 10.2. The van der Waals surface area contributed by atoms with Gasteiger partial charge in [-0.1, -0.05) is 35.9 Å². The van der Waals surface area contributed by atoms with Crippen molar-refractivity contribution < 1.29 is 8.42 Å². The largest absolute Gasteiger partial charge is 0.363 e. The van der Waals surface area contributed by atoms with Crippen LogP contribution in [0.3, 0.4) is 0 Å². The predicted molar refractivity (Wildman–Crippen MR) is 115 cm³/mol. The van der Waals surface area contributed by atoms with Crippen LogP contribution < -0.4 is 5.32 Å². The van der Waals surface area contributed by atoms with Crippen molar-refractivity contribution >= 4 is 38.5 Å². The summed E-state index contributed by atoms with van der Waals surface area (Å²) in [6.45, 7) is 2.98. The molecule has 2 heterocycles. The minimum atomic E-state index is -3.46. The summed E-state index contributed by atoms with van der Waals surface area (Å²) in [5, 5.41) is 3.48. The third-order valence-electron chi connectivity index (χ3n) is 5.01. The molecule has 1 saturated heterocycles. The van der Waals surface area contributed by atoms with Gasteiger partial charge in [0.15, 0.2) is 11.0 Å². The van der Waals surface area contributed by atoms with Crippen LogP contribution in [0.1, 0.15) is 5.56 Å². The van der Waals surface area contributed by atoms with Crippen molar-refractivity contribution in [2.75, 3.05) is 38.5 Å². The van der Waals surface area contributed by atoms with Crippen LogP contribution in [0.15, 0.2) is 53.4 Å². The molecule has 0 saturated carbocycles. The molecule has 29 heavy (non-hydrogen) atoms. The Hall–Kier alpha value is -2.26. The number of hydrogen-bond donors (Lipinski definition) is 1. The Balaban J connectivity index is 1.45. The van der Waals surface area contributed by atoms with Crippen molar-refractivity contribution in [3.05, 3.63) is 59.2 Å². The van der Waals surface area contributed by atoms with Crippen LogP contribution in [-0.2, 0) is 16.6 Å². The second-order valence-corrected chi connectivity index (χ2v) is 9.35. The standard InChI is InChI=1S/C20H22ClN5O2S/c1-25-10-12-26(13-11-25)29(27,28)16-8-6-15(7-9-16)14-22-20-19(21)23-17-4-2-3-5-18(17)24-20/h2-9H,10-14H2,1H3,(H,22,24). The Morgan fingerprint density at radius 3 is 2.24 bits per heavy atom. The highest BCUT2D eigenvalue weighted by molar-refractivity contribution is 7.89. The maximum absolute atomic E-state index is 12.8. The topological polar surface area (TPSA) is 78.4 Å². The van der Waals surface area contributed by atoms with E-state index in [2.05, 4.69) is 20.2 Å². The SMILES string of the molecule is CN1CCN(S(=O)(=O)c2ccc(CNc3nc4ccccc4nc3Cl)cc2)CC1. The van der Waals surface area contributed by atoms with E-state index in [1.54, 1.807) is 28.6 Å². The molecule has 1 fully saturated rings. The van der Waals surface area contributed by atoms with Crippen molar-refractivity contribution in [1.29, 1.82) is 0 Å². The number of likely N-dealkylation sites (N-methyl/N-ethyl adjacent to an activating group) is 1. The van der Waals surface area contributed by atoms with Crippen LogP contribution in [0.25, 0.3) is 11.0 Å². The number of rotatable bonds is 5. The first-order chi connectivity index (χ1) is 13.9. The normalized spacial score (nSPS) is 16.2. The predicted octanol–water partition coefficient (Wildman–Crippen LogP) is 2.83. The Bertz CT molecular complexity index is 1110. The quantitative estimate of drug-likeness (QED) is 0.669. The van der Waals surface area contributed by atoms with Crippen molar-refractivity contribution in [3.8, 4) is 0 Å². The fourth-order valence-electron chi connectivity index (χ4n) is 3.23. The first-order valence-electron chi connectivity index (χ1n) is 9.37. The molecule has 0 unspecified atom stereocenters. The molecular weight excluding hydrogens is 410 g/mol. The van der Waals surface area contributed by atoms with Crippen LogP contribution in [0, 0.1) is 0 Å². The molecule has 1 aliphatic rings.